The average molecular weight is 527 g/mol. The van der Waals surface area contributed by atoms with Crippen LogP contribution in [0.2, 0.25) is 0 Å². The first-order chi connectivity index (χ1) is 18.3. The largest absolute Gasteiger partial charge is 0.495 e. The molecular formula is C25H30N6O7. The molecule has 3 heterocycles. The molecule has 5 rings (SSSR count). The third-order valence-corrected chi connectivity index (χ3v) is 6.79. The van der Waals surface area contributed by atoms with Crippen LogP contribution in [-0.4, -0.2) is 102 Å². The summed E-state index contributed by atoms with van der Waals surface area (Å²) in [6, 6.07) is 6.51. The number of carbonyl (C=O) groups is 4. The van der Waals surface area contributed by atoms with Crippen molar-refractivity contribution < 1.29 is 33.2 Å². The van der Waals surface area contributed by atoms with E-state index in [9.17, 15) is 19.2 Å². The molecule has 0 radical (unpaired) electrons. The minimum Gasteiger partial charge on any atom is -0.495 e. The van der Waals surface area contributed by atoms with Crippen molar-refractivity contribution in [2.75, 3.05) is 51.8 Å². The Labute approximate surface area is 219 Å². The fourth-order valence-corrected chi connectivity index (χ4v) is 4.57. The zero-order valence-corrected chi connectivity index (χ0v) is 21.4. The van der Waals surface area contributed by atoms with Crippen molar-refractivity contribution in [2.24, 2.45) is 5.92 Å². The molecule has 1 aliphatic carbocycles. The molecule has 1 saturated carbocycles. The van der Waals surface area contributed by atoms with Crippen molar-refractivity contribution in [3.8, 4) is 5.75 Å². The Morgan fingerprint density at radius 2 is 1.92 bits per heavy atom. The summed E-state index contributed by atoms with van der Waals surface area (Å²) >= 11 is 0. The number of amides is 5. The van der Waals surface area contributed by atoms with Gasteiger partial charge in [-0.25, -0.2) is 9.69 Å². The predicted octanol–water partition coefficient (Wildman–Crippen LogP) is 0.685. The van der Waals surface area contributed by atoms with Crippen molar-refractivity contribution in [1.29, 1.82) is 0 Å². The SMILES string of the molecule is COc1ccccc1N(C[C@H]1CN(C)CCO1)C(=O)Cc1noc(CN2C(=O)C(=O)N(CC3CC3)C2=O)n1. The number of hydrogen-bond acceptors (Lipinski definition) is 10. The smallest absolute Gasteiger partial charge is 0.334 e. The lowest BCUT2D eigenvalue weighted by atomic mass is 10.2. The van der Waals surface area contributed by atoms with E-state index in [1.807, 2.05) is 19.2 Å². The van der Waals surface area contributed by atoms with Crippen LogP contribution < -0.4 is 9.64 Å². The van der Waals surface area contributed by atoms with Crippen molar-refractivity contribution in [3.63, 3.8) is 0 Å². The number of likely N-dealkylation sites (N-methyl/N-ethyl adjacent to an activating group) is 1. The molecule has 3 fully saturated rings. The molecule has 1 aromatic carbocycles. The molecule has 5 amide bonds. The van der Waals surface area contributed by atoms with Crippen LogP contribution in [0.15, 0.2) is 28.8 Å². The van der Waals surface area contributed by atoms with E-state index >= 15 is 0 Å². The Morgan fingerprint density at radius 1 is 1.16 bits per heavy atom. The Hall–Kier alpha value is -3.84. The third-order valence-electron chi connectivity index (χ3n) is 6.79. The van der Waals surface area contributed by atoms with Crippen molar-refractivity contribution in [2.45, 2.75) is 31.9 Å². The van der Waals surface area contributed by atoms with Crippen LogP contribution in [0.1, 0.15) is 24.6 Å². The highest BCUT2D eigenvalue weighted by atomic mass is 16.5. The van der Waals surface area contributed by atoms with E-state index in [1.54, 1.807) is 17.0 Å². The van der Waals surface area contributed by atoms with Gasteiger partial charge in [-0.15, -0.1) is 0 Å². The number of hydrogen-bond donors (Lipinski definition) is 0. The van der Waals surface area contributed by atoms with Crippen LogP contribution in [0.3, 0.4) is 0 Å². The first-order valence-electron chi connectivity index (χ1n) is 12.6. The van der Waals surface area contributed by atoms with E-state index < -0.39 is 17.8 Å². The quantitative estimate of drug-likeness (QED) is 0.321. The van der Waals surface area contributed by atoms with Crippen molar-refractivity contribution in [3.05, 3.63) is 36.0 Å². The van der Waals surface area contributed by atoms with Gasteiger partial charge in [-0.1, -0.05) is 17.3 Å². The van der Waals surface area contributed by atoms with Gasteiger partial charge in [0.15, 0.2) is 5.82 Å². The van der Waals surface area contributed by atoms with Gasteiger partial charge in [-0.2, -0.15) is 4.98 Å². The summed E-state index contributed by atoms with van der Waals surface area (Å²) < 4.78 is 16.6. The van der Waals surface area contributed by atoms with Gasteiger partial charge < -0.3 is 23.8 Å². The number of benzene rings is 1. The normalized spacial score (nSPS) is 20.4. The second kappa shape index (κ2) is 10.9. The van der Waals surface area contributed by atoms with E-state index in [1.165, 1.54) is 7.11 Å². The summed E-state index contributed by atoms with van der Waals surface area (Å²) in [5.41, 5.74) is 0.586. The molecule has 0 N–H and O–H groups in total. The molecule has 0 bridgehead atoms. The van der Waals surface area contributed by atoms with Crippen molar-refractivity contribution in [1.82, 2.24) is 24.8 Å². The maximum absolute atomic E-state index is 13.5. The lowest BCUT2D eigenvalue weighted by Gasteiger charge is -2.34. The van der Waals surface area contributed by atoms with Crippen molar-refractivity contribution >= 4 is 29.4 Å². The third kappa shape index (κ3) is 5.53. The molecule has 3 aliphatic rings. The van der Waals surface area contributed by atoms with E-state index in [4.69, 9.17) is 14.0 Å². The maximum Gasteiger partial charge on any atom is 0.334 e. The first-order valence-corrected chi connectivity index (χ1v) is 12.6. The highest BCUT2D eigenvalue weighted by molar-refractivity contribution is 6.44. The average Bonchev–Trinajstić information content (AvgIpc) is 3.60. The Kier molecular flexibility index (Phi) is 7.38. The van der Waals surface area contributed by atoms with E-state index in [-0.39, 0.29) is 49.2 Å². The number of nitrogens with zero attached hydrogens (tertiary/aromatic N) is 6. The number of anilines is 1. The first kappa shape index (κ1) is 25.8. The van der Waals surface area contributed by atoms with Gasteiger partial charge in [-0.3, -0.25) is 19.3 Å². The van der Waals surface area contributed by atoms with Gasteiger partial charge >= 0.3 is 17.8 Å². The molecule has 2 saturated heterocycles. The number of methoxy groups -OCH3 is 1. The van der Waals surface area contributed by atoms with Crippen LogP contribution in [0.25, 0.3) is 0 Å². The molecule has 1 aromatic heterocycles. The topological polar surface area (TPSA) is 139 Å². The molecular weight excluding hydrogens is 496 g/mol. The summed E-state index contributed by atoms with van der Waals surface area (Å²) in [4.78, 5) is 60.4. The van der Waals surface area contributed by atoms with Crippen LogP contribution in [-0.2, 0) is 32.1 Å². The number of ether oxygens (including phenoxy) is 2. The summed E-state index contributed by atoms with van der Waals surface area (Å²) in [5, 5.41) is 3.87. The number of carbonyl (C=O) groups excluding carboxylic acids is 4. The standard InChI is InChI=1S/C25H30N6O7/c1-28-9-10-37-17(13-28)14-29(18-5-3-4-6-19(18)36-2)22(32)11-20-26-21(38-27-20)15-31-24(34)23(33)30(25(31)35)12-16-7-8-16/h3-6,16-17H,7-15H2,1-2H3/t17-/m1/s1. The Bertz CT molecular complexity index is 1230. The molecule has 202 valence electrons. The predicted molar refractivity (Wildman–Crippen MR) is 131 cm³/mol. The number of morpholine rings is 1. The molecule has 0 unspecified atom stereocenters. The lowest BCUT2D eigenvalue weighted by Crippen LogP contribution is -2.48. The lowest BCUT2D eigenvalue weighted by molar-refractivity contribution is -0.143. The number of imide groups is 2. The van der Waals surface area contributed by atoms with Gasteiger partial charge in [0.1, 0.15) is 12.3 Å². The van der Waals surface area contributed by atoms with Gasteiger partial charge in [0.05, 0.1) is 38.5 Å². The molecule has 13 heteroatoms. The Morgan fingerprint density at radius 3 is 2.66 bits per heavy atom. The minimum absolute atomic E-state index is 0.0448. The number of rotatable bonds is 10. The zero-order valence-electron chi connectivity index (χ0n) is 21.4. The fourth-order valence-electron chi connectivity index (χ4n) is 4.57. The number of aromatic nitrogens is 2. The minimum atomic E-state index is -0.925. The monoisotopic (exact) mass is 526 g/mol. The van der Waals surface area contributed by atoms with Crippen LogP contribution >= 0.6 is 0 Å². The van der Waals surface area contributed by atoms with E-state index in [2.05, 4.69) is 15.0 Å². The molecule has 1 atom stereocenters. The maximum atomic E-state index is 13.5. The van der Waals surface area contributed by atoms with E-state index in [0.717, 1.165) is 29.2 Å². The fraction of sp³-hybridized carbons (Fsp3) is 0.520. The van der Waals surface area contributed by atoms with Gasteiger partial charge in [0, 0.05) is 19.6 Å². The van der Waals surface area contributed by atoms with Gasteiger partial charge in [0.2, 0.25) is 11.8 Å². The molecule has 0 spiro atoms. The Balaban J connectivity index is 1.28. The highest BCUT2D eigenvalue weighted by Crippen LogP contribution is 2.32. The zero-order chi connectivity index (χ0) is 26.8. The van der Waals surface area contributed by atoms with Crippen LogP contribution in [0.5, 0.6) is 5.75 Å². The highest BCUT2D eigenvalue weighted by Gasteiger charge is 2.46. The van der Waals surface area contributed by atoms with Crippen LogP contribution in [0.4, 0.5) is 10.5 Å². The molecule has 2 aliphatic heterocycles. The summed E-state index contributed by atoms with van der Waals surface area (Å²) in [7, 11) is 3.54. The van der Waals surface area contributed by atoms with Crippen LogP contribution in [0, 0.1) is 5.92 Å². The second-order valence-electron chi connectivity index (χ2n) is 9.75. The summed E-state index contributed by atoms with van der Waals surface area (Å²) in [5.74, 6) is -1.25. The summed E-state index contributed by atoms with van der Waals surface area (Å²) in [6.07, 6.45) is 1.47. The molecule has 2 aromatic rings. The van der Waals surface area contributed by atoms with Gasteiger partial charge in [-0.05, 0) is 37.9 Å². The van der Waals surface area contributed by atoms with Gasteiger partial charge in [0.25, 0.3) is 0 Å². The molecule has 13 nitrogen and oxygen atoms in total. The molecule has 38 heavy (non-hydrogen) atoms. The second-order valence-corrected chi connectivity index (χ2v) is 9.75. The van der Waals surface area contributed by atoms with E-state index in [0.29, 0.717) is 31.1 Å². The number of para-hydroxylation sites is 2. The summed E-state index contributed by atoms with van der Waals surface area (Å²) in [6.45, 7) is 2.24. The number of urea groups is 1.